The number of hydrogen-bond donors (Lipinski definition) is 2. The summed E-state index contributed by atoms with van der Waals surface area (Å²) in [6, 6.07) is 6.40. The van der Waals surface area contributed by atoms with Gasteiger partial charge in [0, 0.05) is 48.8 Å². The number of alkyl halides is 2. The Bertz CT molecular complexity index is 551. The number of nitrogens with one attached hydrogen (secondary N) is 1. The first-order chi connectivity index (χ1) is 9.08. The number of aryl methyl sites for hydroxylation is 1. The molecule has 19 heavy (non-hydrogen) atoms. The molecule has 0 saturated heterocycles. The predicted molar refractivity (Wildman–Crippen MR) is 71.2 cm³/mol. The van der Waals surface area contributed by atoms with Crippen molar-refractivity contribution in [1.82, 2.24) is 9.78 Å². The number of nitrogen functional groups attached to an aromatic ring is 1. The van der Waals surface area contributed by atoms with Crippen molar-refractivity contribution in [1.29, 1.82) is 0 Å². The third-order valence-electron chi connectivity index (χ3n) is 2.93. The molecule has 102 valence electrons. The number of benzene rings is 1. The predicted octanol–water partition coefficient (Wildman–Crippen LogP) is 2.59. The number of anilines is 2. The molecule has 4 nitrogen and oxygen atoms in total. The Morgan fingerprint density at radius 1 is 1.37 bits per heavy atom. The first kappa shape index (κ1) is 13.3. The maximum Gasteiger partial charge on any atom is 0.265 e. The fourth-order valence-electron chi connectivity index (χ4n) is 1.89. The molecule has 0 aliphatic rings. The van der Waals surface area contributed by atoms with Gasteiger partial charge in [-0.15, -0.1) is 0 Å². The summed E-state index contributed by atoms with van der Waals surface area (Å²) in [5.74, 6) is 0. The molecule has 0 atom stereocenters. The van der Waals surface area contributed by atoms with Crippen LogP contribution in [-0.4, -0.2) is 16.3 Å². The van der Waals surface area contributed by atoms with E-state index in [1.54, 1.807) is 23.0 Å². The average molecular weight is 266 g/mol. The van der Waals surface area contributed by atoms with E-state index < -0.39 is 6.43 Å². The van der Waals surface area contributed by atoms with E-state index >= 15 is 0 Å². The van der Waals surface area contributed by atoms with E-state index in [0.717, 1.165) is 5.69 Å². The minimum Gasteiger partial charge on any atom is -0.399 e. The molecule has 1 heterocycles. The molecule has 0 bridgehead atoms. The number of aromatic nitrogens is 2. The summed E-state index contributed by atoms with van der Waals surface area (Å²) in [5, 5.41) is 7.06. The molecule has 1 aromatic carbocycles. The highest BCUT2D eigenvalue weighted by atomic mass is 19.3. The first-order valence-electron chi connectivity index (χ1n) is 5.96. The van der Waals surface area contributed by atoms with Gasteiger partial charge in [-0.1, -0.05) is 0 Å². The topological polar surface area (TPSA) is 55.9 Å². The third-order valence-corrected chi connectivity index (χ3v) is 2.93. The zero-order chi connectivity index (χ0) is 13.8. The summed E-state index contributed by atoms with van der Waals surface area (Å²) in [5.41, 5.74) is 7.26. The van der Waals surface area contributed by atoms with Crippen LogP contribution >= 0.6 is 0 Å². The van der Waals surface area contributed by atoms with E-state index in [-0.39, 0.29) is 5.56 Å². The van der Waals surface area contributed by atoms with Crippen LogP contribution in [0.5, 0.6) is 0 Å². The van der Waals surface area contributed by atoms with E-state index in [0.29, 0.717) is 24.3 Å². The Morgan fingerprint density at radius 2 is 2.16 bits per heavy atom. The van der Waals surface area contributed by atoms with Gasteiger partial charge in [-0.2, -0.15) is 5.10 Å². The van der Waals surface area contributed by atoms with Gasteiger partial charge in [-0.05, 0) is 24.3 Å². The fraction of sp³-hybridized carbons (Fsp3) is 0.308. The largest absolute Gasteiger partial charge is 0.399 e. The summed E-state index contributed by atoms with van der Waals surface area (Å²) in [4.78, 5) is 0. The summed E-state index contributed by atoms with van der Waals surface area (Å²) in [7, 11) is 1.85. The van der Waals surface area contributed by atoms with Crippen LogP contribution in [0, 0.1) is 0 Å². The van der Waals surface area contributed by atoms with Crippen molar-refractivity contribution in [2.75, 3.05) is 17.6 Å². The molecule has 0 fully saturated rings. The van der Waals surface area contributed by atoms with E-state index in [9.17, 15) is 8.78 Å². The van der Waals surface area contributed by atoms with E-state index in [2.05, 4.69) is 10.4 Å². The van der Waals surface area contributed by atoms with Crippen molar-refractivity contribution in [3.8, 4) is 0 Å². The quantitative estimate of drug-likeness (QED) is 0.818. The zero-order valence-electron chi connectivity index (χ0n) is 10.6. The summed E-state index contributed by atoms with van der Waals surface area (Å²) >= 11 is 0. The molecule has 0 unspecified atom stereocenters. The van der Waals surface area contributed by atoms with Crippen LogP contribution in [0.2, 0.25) is 0 Å². The Balaban J connectivity index is 2.01. The summed E-state index contributed by atoms with van der Waals surface area (Å²) in [6.07, 6.45) is -0.116. The van der Waals surface area contributed by atoms with Gasteiger partial charge in [0.05, 0.1) is 0 Å². The van der Waals surface area contributed by atoms with E-state index in [4.69, 9.17) is 5.73 Å². The summed E-state index contributed by atoms with van der Waals surface area (Å²) in [6.45, 7) is 0.559. The average Bonchev–Trinajstić information content (AvgIpc) is 2.77. The Hall–Kier alpha value is -2.11. The molecule has 0 aliphatic heterocycles. The van der Waals surface area contributed by atoms with Gasteiger partial charge >= 0.3 is 0 Å². The number of rotatable bonds is 5. The molecule has 0 spiro atoms. The molecule has 6 heteroatoms. The Labute approximate surface area is 110 Å². The highest BCUT2D eigenvalue weighted by Gasteiger charge is 2.13. The van der Waals surface area contributed by atoms with Crippen LogP contribution < -0.4 is 11.1 Å². The second-order valence-corrected chi connectivity index (χ2v) is 4.27. The molecule has 2 aromatic rings. The number of hydrogen-bond acceptors (Lipinski definition) is 3. The smallest absolute Gasteiger partial charge is 0.265 e. The maximum atomic E-state index is 12.9. The lowest BCUT2D eigenvalue weighted by Crippen LogP contribution is -2.10. The van der Waals surface area contributed by atoms with Crippen LogP contribution in [0.4, 0.5) is 20.2 Å². The molecule has 0 amide bonds. The number of nitrogens with two attached hydrogens (primary N) is 1. The van der Waals surface area contributed by atoms with Crippen molar-refractivity contribution in [3.63, 3.8) is 0 Å². The third kappa shape index (κ3) is 3.21. The van der Waals surface area contributed by atoms with Crippen molar-refractivity contribution < 1.29 is 8.78 Å². The Kier molecular flexibility index (Phi) is 3.99. The van der Waals surface area contributed by atoms with Gasteiger partial charge in [0.2, 0.25) is 0 Å². The fourth-order valence-corrected chi connectivity index (χ4v) is 1.89. The second-order valence-electron chi connectivity index (χ2n) is 4.27. The van der Waals surface area contributed by atoms with Crippen molar-refractivity contribution in [3.05, 3.63) is 41.7 Å². The van der Waals surface area contributed by atoms with Crippen molar-refractivity contribution >= 4 is 11.4 Å². The maximum absolute atomic E-state index is 12.9. The van der Waals surface area contributed by atoms with Gasteiger partial charge in [-0.25, -0.2) is 8.78 Å². The van der Waals surface area contributed by atoms with Crippen molar-refractivity contribution in [2.24, 2.45) is 7.05 Å². The van der Waals surface area contributed by atoms with Crippen LogP contribution in [0.15, 0.2) is 30.5 Å². The number of halogens is 2. The molecule has 0 saturated carbocycles. The molecule has 2 rings (SSSR count). The first-order valence-corrected chi connectivity index (χ1v) is 5.96. The van der Waals surface area contributed by atoms with E-state index in [1.165, 1.54) is 6.07 Å². The minimum absolute atomic E-state index is 0.0648. The van der Waals surface area contributed by atoms with E-state index in [1.807, 2.05) is 13.1 Å². The highest BCUT2D eigenvalue weighted by Crippen LogP contribution is 2.28. The van der Waals surface area contributed by atoms with Gasteiger partial charge in [0.25, 0.3) is 6.43 Å². The minimum atomic E-state index is -2.54. The van der Waals surface area contributed by atoms with Crippen LogP contribution in [0.3, 0.4) is 0 Å². The monoisotopic (exact) mass is 266 g/mol. The van der Waals surface area contributed by atoms with Crippen LogP contribution in [-0.2, 0) is 13.5 Å². The van der Waals surface area contributed by atoms with Gasteiger partial charge in [-0.3, -0.25) is 4.68 Å². The normalized spacial score (nSPS) is 10.9. The lowest BCUT2D eigenvalue weighted by molar-refractivity contribution is 0.152. The van der Waals surface area contributed by atoms with Gasteiger partial charge in [0.1, 0.15) is 0 Å². The standard InChI is InChI=1S/C13H16F2N4/c1-19-10(5-7-18-19)4-6-17-12-3-2-9(16)8-11(12)13(14)15/h2-3,5,7-8,13,17H,4,6,16H2,1H3. The zero-order valence-corrected chi connectivity index (χ0v) is 10.6. The van der Waals surface area contributed by atoms with Crippen molar-refractivity contribution in [2.45, 2.75) is 12.8 Å². The molecule has 3 N–H and O–H groups in total. The Morgan fingerprint density at radius 3 is 2.79 bits per heavy atom. The SMILES string of the molecule is Cn1nccc1CCNc1ccc(N)cc1C(F)F. The van der Waals surface area contributed by atoms with Gasteiger partial charge < -0.3 is 11.1 Å². The molecule has 0 aliphatic carbocycles. The molecular formula is C13H16F2N4. The van der Waals surface area contributed by atoms with Crippen LogP contribution in [0.1, 0.15) is 17.7 Å². The van der Waals surface area contributed by atoms with Crippen LogP contribution in [0.25, 0.3) is 0 Å². The van der Waals surface area contributed by atoms with Gasteiger partial charge in [0.15, 0.2) is 0 Å². The molecule has 0 radical (unpaired) electrons. The molecular weight excluding hydrogens is 250 g/mol. The highest BCUT2D eigenvalue weighted by molar-refractivity contribution is 5.58. The lowest BCUT2D eigenvalue weighted by Gasteiger charge is -2.12. The summed E-state index contributed by atoms with van der Waals surface area (Å²) < 4.78 is 27.5. The lowest BCUT2D eigenvalue weighted by atomic mass is 10.1. The number of nitrogens with zero attached hydrogens (tertiary/aromatic N) is 2. The second kappa shape index (κ2) is 5.69. The molecule has 1 aromatic heterocycles.